The zero-order chi connectivity index (χ0) is 24.4. The lowest BCUT2D eigenvalue weighted by Crippen LogP contribution is -2.91. The highest BCUT2D eigenvalue weighted by Gasteiger charge is 2.31. The molecule has 3 aromatic carbocycles. The number of para-hydroxylation sites is 2. The van der Waals surface area contributed by atoms with Crippen LogP contribution < -0.4 is 24.0 Å². The van der Waals surface area contributed by atoms with Gasteiger partial charge in [-0.1, -0.05) is 66.7 Å². The van der Waals surface area contributed by atoms with Gasteiger partial charge in [0.1, 0.15) is 0 Å². The van der Waals surface area contributed by atoms with E-state index in [1.54, 1.807) is 23.5 Å². The molecule has 4 rings (SSSR count). The largest absolute Gasteiger partial charge is 0.294 e. The first-order chi connectivity index (χ1) is 16.3. The molecule has 0 atom stereocenters. The van der Waals surface area contributed by atoms with Crippen LogP contribution in [0.2, 0.25) is 0 Å². The molecule has 0 saturated carbocycles. The molecular formula is C23H20ClN3O5S2. The summed E-state index contributed by atoms with van der Waals surface area (Å²) >= 11 is 3.24. The van der Waals surface area contributed by atoms with E-state index in [0.29, 0.717) is 6.42 Å². The highest BCUT2D eigenvalue weighted by Crippen LogP contribution is 2.32. The predicted molar refractivity (Wildman–Crippen MR) is 123 cm³/mol. The van der Waals surface area contributed by atoms with Crippen molar-refractivity contribution < 1.29 is 39.0 Å². The molecule has 1 aliphatic rings. The Morgan fingerprint density at radius 1 is 0.735 bits per heavy atom. The standard InChI is InChI=1S/C23H19N3OS2.ClHO4/c27-20(17-10-4-1-5-11-17)16-21-28-22(24-18-12-6-2-7-13-18)26-23(29-21)25-19-14-8-3-9-15-19;2-1(3,4)5/h1-15,21H,16H2,(H,24,25,26);(H,2,3,4,5). The smallest absolute Gasteiger partial charge is 0.268 e. The van der Waals surface area contributed by atoms with Crippen molar-refractivity contribution in [2.75, 3.05) is 0 Å². The molecule has 1 saturated heterocycles. The molecule has 0 radical (unpaired) electrons. The third-order valence-corrected chi connectivity index (χ3v) is 6.53. The van der Waals surface area contributed by atoms with Crippen LogP contribution in [-0.2, 0) is 0 Å². The quantitative estimate of drug-likeness (QED) is 0.476. The van der Waals surface area contributed by atoms with Gasteiger partial charge in [-0.05, 0) is 47.8 Å². The molecule has 2 N–H and O–H groups in total. The Balaban J connectivity index is 0.000000588. The molecule has 0 amide bonds. The van der Waals surface area contributed by atoms with Gasteiger partial charge in [0.05, 0.1) is 16.0 Å². The first-order valence-electron chi connectivity index (χ1n) is 9.92. The van der Waals surface area contributed by atoms with Gasteiger partial charge in [-0.15, -0.1) is 10.2 Å². The number of quaternary nitrogens is 1. The van der Waals surface area contributed by atoms with E-state index in [-0.39, 0.29) is 10.4 Å². The van der Waals surface area contributed by atoms with E-state index >= 15 is 0 Å². The Kier molecular flexibility index (Phi) is 9.81. The van der Waals surface area contributed by atoms with E-state index in [0.717, 1.165) is 27.3 Å². The zero-order valence-electron chi connectivity index (χ0n) is 17.7. The summed E-state index contributed by atoms with van der Waals surface area (Å²) in [7, 11) is -4.94. The fourth-order valence-corrected chi connectivity index (χ4v) is 5.36. The Morgan fingerprint density at radius 3 is 1.53 bits per heavy atom. The van der Waals surface area contributed by atoms with Crippen LogP contribution in [-0.4, -0.2) is 20.7 Å². The number of aliphatic imine (C=N–C) groups is 2. The molecule has 3 aromatic rings. The number of carbonyl (C=O) groups excluding carboxylic acids is 1. The van der Waals surface area contributed by atoms with E-state index in [2.05, 4.69) is 0 Å². The molecule has 176 valence electrons. The van der Waals surface area contributed by atoms with E-state index < -0.39 is 10.2 Å². The molecule has 0 unspecified atom stereocenters. The van der Waals surface area contributed by atoms with Crippen LogP contribution in [0, 0.1) is 10.2 Å². The number of benzene rings is 3. The average molecular weight is 518 g/mol. The van der Waals surface area contributed by atoms with Crippen molar-refractivity contribution in [2.45, 2.75) is 11.0 Å². The van der Waals surface area contributed by atoms with Crippen molar-refractivity contribution >= 4 is 51.0 Å². The van der Waals surface area contributed by atoms with Crippen LogP contribution in [0.5, 0.6) is 0 Å². The van der Waals surface area contributed by atoms with Gasteiger partial charge in [-0.3, -0.25) is 4.79 Å². The summed E-state index contributed by atoms with van der Waals surface area (Å²) in [5.41, 5.74) is 2.53. The van der Waals surface area contributed by atoms with Crippen LogP contribution in [0.3, 0.4) is 0 Å². The van der Waals surface area contributed by atoms with E-state index in [1.165, 1.54) is 0 Å². The van der Waals surface area contributed by atoms with Crippen LogP contribution in [0.1, 0.15) is 16.8 Å². The van der Waals surface area contributed by atoms with Gasteiger partial charge in [0.25, 0.3) is 10.3 Å². The SMILES string of the molecule is O=C(CC1SC(=Nc2ccccc2)[NH2+]C(=Nc2ccccc2)S1)c1ccccc1.[O-][Cl+3]([O-])([O-])[O-]. The van der Waals surface area contributed by atoms with Crippen molar-refractivity contribution in [3.63, 3.8) is 0 Å². The Labute approximate surface area is 207 Å². The number of halogens is 1. The van der Waals surface area contributed by atoms with E-state index in [4.69, 9.17) is 28.6 Å². The molecule has 8 nitrogen and oxygen atoms in total. The number of carbonyl (C=O) groups is 1. The molecule has 0 bridgehead atoms. The summed E-state index contributed by atoms with van der Waals surface area (Å²) in [5.74, 6) is 0.135. The number of amidine groups is 2. The van der Waals surface area contributed by atoms with Crippen molar-refractivity contribution in [1.29, 1.82) is 0 Å². The van der Waals surface area contributed by atoms with Gasteiger partial charge in [-0.25, -0.2) is 24.0 Å². The predicted octanol–water partition coefficient (Wildman–Crippen LogP) is 0.248. The molecule has 1 aliphatic heterocycles. The topological polar surface area (TPSA) is 151 Å². The maximum Gasteiger partial charge on any atom is 0.268 e. The number of thioether (sulfide) groups is 2. The monoisotopic (exact) mass is 517 g/mol. The number of nitrogens with zero attached hydrogens (tertiary/aromatic N) is 2. The number of hydrogen-bond donors (Lipinski definition) is 1. The molecule has 1 heterocycles. The molecule has 11 heteroatoms. The number of rotatable bonds is 5. The number of ketones is 1. The summed E-state index contributed by atoms with van der Waals surface area (Å²) in [5, 5.41) is 3.74. The normalized spacial score (nSPS) is 18.3. The molecule has 0 aromatic heterocycles. The van der Waals surface area contributed by atoms with Gasteiger partial charge in [-0.2, -0.15) is 9.98 Å². The third-order valence-electron chi connectivity index (χ3n) is 4.19. The Morgan fingerprint density at radius 2 is 1.12 bits per heavy atom. The van der Waals surface area contributed by atoms with Gasteiger partial charge in [0, 0.05) is 12.0 Å². The average Bonchev–Trinajstić information content (AvgIpc) is 2.80. The lowest BCUT2D eigenvalue weighted by molar-refractivity contribution is -2.00. The molecule has 0 spiro atoms. The number of nitrogens with two attached hydrogens (primary N) is 1. The van der Waals surface area contributed by atoms with Gasteiger partial charge in [0.15, 0.2) is 5.78 Å². The minimum absolute atomic E-state index is 0.0256. The highest BCUT2D eigenvalue weighted by molar-refractivity contribution is 8.30. The second kappa shape index (κ2) is 12.8. The number of Topliss-reactive ketones (excluding diaryl/α,β-unsaturated/α-hetero) is 1. The van der Waals surface area contributed by atoms with Crippen molar-refractivity contribution in [3.8, 4) is 0 Å². The van der Waals surface area contributed by atoms with Crippen LogP contribution in [0.4, 0.5) is 11.4 Å². The Bertz CT molecular complexity index is 1060. The first kappa shape index (κ1) is 26.1. The van der Waals surface area contributed by atoms with Gasteiger partial charge >= 0.3 is 0 Å². The summed E-state index contributed by atoms with van der Waals surface area (Å²) in [4.78, 5) is 22.2. The van der Waals surface area contributed by atoms with Crippen LogP contribution in [0.15, 0.2) is 101 Å². The minimum atomic E-state index is -4.94. The molecule has 34 heavy (non-hydrogen) atoms. The lowest BCUT2D eigenvalue weighted by Gasteiger charge is -2.20. The van der Waals surface area contributed by atoms with Crippen molar-refractivity contribution in [1.82, 2.24) is 0 Å². The molecule has 1 fully saturated rings. The molecule has 0 aliphatic carbocycles. The summed E-state index contributed by atoms with van der Waals surface area (Å²) in [6, 6.07) is 29.2. The maximum absolute atomic E-state index is 12.7. The van der Waals surface area contributed by atoms with Crippen LogP contribution >= 0.6 is 23.5 Å². The zero-order valence-corrected chi connectivity index (χ0v) is 20.0. The Hall–Kier alpha value is -2.54. The fraction of sp³-hybridized carbons (Fsp3) is 0.0870. The summed E-state index contributed by atoms with van der Waals surface area (Å²) in [6.07, 6.45) is 0.425. The first-order valence-corrected chi connectivity index (χ1v) is 12.9. The fourth-order valence-electron chi connectivity index (χ4n) is 2.82. The second-order valence-corrected chi connectivity index (χ2v) is 10.3. The number of hydrogen-bond acceptors (Lipinski definition) is 9. The van der Waals surface area contributed by atoms with E-state index in [9.17, 15) is 4.79 Å². The summed E-state index contributed by atoms with van der Waals surface area (Å²) in [6.45, 7) is 0. The minimum Gasteiger partial charge on any atom is -0.294 e. The molecular weight excluding hydrogens is 498 g/mol. The van der Waals surface area contributed by atoms with E-state index in [1.807, 2.05) is 96.3 Å². The third kappa shape index (κ3) is 9.75. The maximum atomic E-state index is 12.7. The summed E-state index contributed by atoms with van der Waals surface area (Å²) < 4.78 is 34.0. The van der Waals surface area contributed by atoms with Gasteiger partial charge in [0.2, 0.25) is 0 Å². The van der Waals surface area contributed by atoms with Gasteiger partial charge < -0.3 is 0 Å². The second-order valence-electron chi connectivity index (χ2n) is 6.75. The van der Waals surface area contributed by atoms with Crippen LogP contribution in [0.25, 0.3) is 0 Å². The van der Waals surface area contributed by atoms with Crippen molar-refractivity contribution in [2.24, 2.45) is 9.98 Å². The van der Waals surface area contributed by atoms with Crippen molar-refractivity contribution in [3.05, 3.63) is 96.6 Å². The highest BCUT2D eigenvalue weighted by atomic mass is 35.7. The lowest BCUT2D eigenvalue weighted by atomic mass is 10.1.